The van der Waals surface area contributed by atoms with Crippen molar-refractivity contribution in [3.8, 4) is 5.75 Å². The Hall–Kier alpha value is -2.63. The van der Waals surface area contributed by atoms with Crippen LogP contribution in [0.1, 0.15) is 5.56 Å². The molecule has 0 spiro atoms. The normalized spacial score (nSPS) is 9.17. The fraction of sp³-hybridized carbons (Fsp3) is 0.0833. The molecule has 0 saturated heterocycles. The highest BCUT2D eigenvalue weighted by molar-refractivity contribution is 5.43. The fourth-order valence-corrected chi connectivity index (χ4v) is 1.21. The summed E-state index contributed by atoms with van der Waals surface area (Å²) in [6.45, 7) is 2.00. The molecule has 0 bridgehead atoms. The van der Waals surface area contributed by atoms with E-state index in [1.165, 1.54) is 23.8 Å². The summed E-state index contributed by atoms with van der Waals surface area (Å²) >= 11 is 0. The van der Waals surface area contributed by atoms with E-state index in [9.17, 15) is 15.2 Å². The van der Waals surface area contributed by atoms with Crippen molar-refractivity contribution in [3.63, 3.8) is 0 Å². The van der Waals surface area contributed by atoms with Crippen LogP contribution in [0.15, 0.2) is 42.6 Å². The fourth-order valence-electron chi connectivity index (χ4n) is 1.21. The maximum Gasteiger partial charge on any atom is 0.270 e. The van der Waals surface area contributed by atoms with Gasteiger partial charge in [0, 0.05) is 12.1 Å². The summed E-state index contributed by atoms with van der Waals surface area (Å²) in [5, 5.41) is 20.6. The molecule has 1 heterocycles. The van der Waals surface area contributed by atoms with E-state index in [4.69, 9.17) is 5.73 Å². The topological polar surface area (TPSA) is 106 Å². The van der Waals surface area contributed by atoms with Crippen LogP contribution in [0, 0.1) is 17.0 Å². The molecule has 0 aliphatic heterocycles. The molecule has 2 aromatic rings. The molecule has 0 unspecified atom stereocenters. The first-order valence-electron chi connectivity index (χ1n) is 5.15. The maximum atomic E-state index is 10.6. The van der Waals surface area contributed by atoms with Gasteiger partial charge in [-0.05, 0) is 24.3 Å². The molecule has 2 rings (SSSR count). The van der Waals surface area contributed by atoms with E-state index in [0.29, 0.717) is 5.82 Å². The van der Waals surface area contributed by atoms with Crippen molar-refractivity contribution in [3.05, 3.63) is 58.3 Å². The number of rotatable bonds is 1. The molecule has 0 saturated carbocycles. The summed E-state index contributed by atoms with van der Waals surface area (Å²) in [5.74, 6) is 0.164. The smallest absolute Gasteiger partial charge is 0.270 e. The van der Waals surface area contributed by atoms with Gasteiger partial charge in [0.25, 0.3) is 11.5 Å². The Kier molecular flexibility index (Phi) is 4.62. The van der Waals surface area contributed by atoms with Gasteiger partial charge in [0.1, 0.15) is 0 Å². The highest BCUT2D eigenvalue weighted by atomic mass is 16.6. The zero-order chi connectivity index (χ0) is 13.5. The number of aromatic amines is 1. The molecule has 0 aliphatic rings. The number of nitrogens with two attached hydrogens (primary N) is 1. The first-order valence-corrected chi connectivity index (χ1v) is 5.15. The van der Waals surface area contributed by atoms with Crippen molar-refractivity contribution >= 4 is 11.5 Å². The average Bonchev–Trinajstić information content (AvgIpc) is 2.29. The molecule has 0 atom stereocenters. The van der Waals surface area contributed by atoms with E-state index in [2.05, 4.69) is 4.98 Å². The van der Waals surface area contributed by atoms with Crippen LogP contribution < -0.4 is 15.8 Å². The zero-order valence-corrected chi connectivity index (χ0v) is 9.79. The van der Waals surface area contributed by atoms with E-state index in [-0.39, 0.29) is 5.69 Å². The van der Waals surface area contributed by atoms with Gasteiger partial charge in [-0.1, -0.05) is 18.2 Å². The van der Waals surface area contributed by atoms with E-state index < -0.39 is 10.7 Å². The molecule has 0 fully saturated rings. The van der Waals surface area contributed by atoms with Crippen molar-refractivity contribution in [1.29, 1.82) is 0 Å². The minimum atomic E-state index is -0.692. The van der Waals surface area contributed by atoms with Crippen molar-refractivity contribution < 1.29 is 15.0 Å². The number of nitro groups is 1. The Morgan fingerprint density at radius 1 is 1.28 bits per heavy atom. The van der Waals surface area contributed by atoms with E-state index in [0.717, 1.165) is 6.07 Å². The molecule has 6 nitrogen and oxygen atoms in total. The van der Waals surface area contributed by atoms with Crippen LogP contribution in [-0.2, 0) is 0 Å². The standard InChI is InChI=1S/C6H8N2.C6H5NO3/c1-5-2-3-8-6(7)4-5;8-6-4-2-1-3-5(6)7(9)10/h2-4H,1H3,(H2,7,8);1-4,8H. The van der Waals surface area contributed by atoms with Crippen molar-refractivity contribution in [1.82, 2.24) is 0 Å². The predicted octanol–water partition coefficient (Wildman–Crippen LogP) is 1.06. The number of hydrogen-bond donors (Lipinski definition) is 1. The number of nitrogens with one attached hydrogen (secondary N) is 1. The van der Waals surface area contributed by atoms with Crippen LogP contribution in [0.3, 0.4) is 0 Å². The minimum absolute atomic E-state index is 0.373. The molecule has 6 heteroatoms. The predicted molar refractivity (Wildman–Crippen MR) is 64.7 cm³/mol. The van der Waals surface area contributed by atoms with Gasteiger partial charge in [0.2, 0.25) is 0 Å². The van der Waals surface area contributed by atoms with Gasteiger partial charge in [-0.2, -0.15) is 0 Å². The number of nitrogen functional groups attached to an aromatic ring is 1. The number of aryl methyl sites for hydroxylation is 1. The Labute approximate surface area is 104 Å². The molecule has 0 aliphatic carbocycles. The number of nitro benzene ring substituents is 1. The zero-order valence-electron chi connectivity index (χ0n) is 9.79. The largest absolute Gasteiger partial charge is 0.868 e. The van der Waals surface area contributed by atoms with Crippen LogP contribution in [-0.4, -0.2) is 4.92 Å². The van der Waals surface area contributed by atoms with Crippen molar-refractivity contribution in [2.24, 2.45) is 0 Å². The van der Waals surface area contributed by atoms with Gasteiger partial charge in [0.05, 0.1) is 11.1 Å². The number of nitrogens with zero attached hydrogens (tertiary/aromatic N) is 1. The van der Waals surface area contributed by atoms with Crippen LogP contribution in [0.5, 0.6) is 5.75 Å². The quantitative estimate of drug-likeness (QED) is 0.600. The van der Waals surface area contributed by atoms with E-state index >= 15 is 0 Å². The molecule has 94 valence electrons. The molecule has 1 aromatic carbocycles. The van der Waals surface area contributed by atoms with Gasteiger partial charge < -0.3 is 5.11 Å². The molecular weight excluding hydrogens is 234 g/mol. The van der Waals surface area contributed by atoms with Gasteiger partial charge in [-0.15, -0.1) is 0 Å². The second kappa shape index (κ2) is 6.19. The summed E-state index contributed by atoms with van der Waals surface area (Å²) in [7, 11) is 0. The minimum Gasteiger partial charge on any atom is -0.868 e. The van der Waals surface area contributed by atoms with Gasteiger partial charge >= 0.3 is 0 Å². The summed E-state index contributed by atoms with van der Waals surface area (Å²) in [5.41, 5.74) is 6.21. The summed E-state index contributed by atoms with van der Waals surface area (Å²) in [6, 6.07) is 9.13. The lowest BCUT2D eigenvalue weighted by atomic mass is 10.3. The third-order valence-corrected chi connectivity index (χ3v) is 2.04. The summed E-state index contributed by atoms with van der Waals surface area (Å²) < 4.78 is 0. The first kappa shape index (κ1) is 13.4. The lowest BCUT2D eigenvalue weighted by molar-refractivity contribution is -0.398. The Morgan fingerprint density at radius 2 is 1.94 bits per heavy atom. The maximum absolute atomic E-state index is 10.6. The summed E-state index contributed by atoms with van der Waals surface area (Å²) in [6.07, 6.45) is 1.82. The molecule has 18 heavy (non-hydrogen) atoms. The highest BCUT2D eigenvalue weighted by Crippen LogP contribution is 2.20. The summed E-state index contributed by atoms with van der Waals surface area (Å²) in [4.78, 5) is 12.2. The lowest BCUT2D eigenvalue weighted by Crippen LogP contribution is -2.08. The SMILES string of the molecule is Cc1cc[nH+]c(N)c1.O=[N+]([O-])c1ccccc1[O-]. The number of hydrogen-bond acceptors (Lipinski definition) is 4. The molecule has 1 aromatic heterocycles. The average molecular weight is 247 g/mol. The third-order valence-electron chi connectivity index (χ3n) is 2.04. The van der Waals surface area contributed by atoms with Crippen LogP contribution >= 0.6 is 0 Å². The Morgan fingerprint density at radius 3 is 2.33 bits per heavy atom. The third kappa shape index (κ3) is 4.09. The van der Waals surface area contributed by atoms with Crippen LogP contribution in [0.25, 0.3) is 0 Å². The van der Waals surface area contributed by atoms with Gasteiger partial charge in [0.15, 0.2) is 0 Å². The van der Waals surface area contributed by atoms with Crippen LogP contribution in [0.4, 0.5) is 11.5 Å². The molecule has 0 radical (unpaired) electrons. The second-order valence-corrected chi connectivity index (χ2v) is 3.55. The molecule has 3 N–H and O–H groups in total. The van der Waals surface area contributed by atoms with Crippen molar-refractivity contribution in [2.45, 2.75) is 6.92 Å². The number of aromatic nitrogens is 1. The lowest BCUT2D eigenvalue weighted by Gasteiger charge is -2.02. The Bertz CT molecular complexity index is 526. The number of benzene rings is 1. The highest BCUT2D eigenvalue weighted by Gasteiger charge is 2.02. The monoisotopic (exact) mass is 247 g/mol. The van der Waals surface area contributed by atoms with Crippen molar-refractivity contribution in [2.75, 3.05) is 5.73 Å². The Balaban J connectivity index is 0.000000184. The number of pyridine rings is 1. The second-order valence-electron chi connectivity index (χ2n) is 3.55. The van der Waals surface area contributed by atoms with E-state index in [1.807, 2.05) is 25.3 Å². The van der Waals surface area contributed by atoms with Crippen LogP contribution in [0.2, 0.25) is 0 Å². The van der Waals surface area contributed by atoms with Gasteiger partial charge in [-0.25, -0.2) is 4.98 Å². The van der Waals surface area contributed by atoms with E-state index in [1.54, 1.807) is 0 Å². The first-order chi connectivity index (χ1) is 8.50. The van der Waals surface area contributed by atoms with Gasteiger partial charge in [-0.3, -0.25) is 15.8 Å². The molecule has 0 amide bonds. The number of anilines is 1. The number of H-pyrrole nitrogens is 1. The number of para-hydroxylation sites is 2. The molecular formula is C12H13N3O3.